The number of nitriles is 1. The Balaban J connectivity index is 1.25. The lowest BCUT2D eigenvalue weighted by molar-refractivity contribution is 0.145. The number of carbonyl (C=O) groups is 1. The molecular weight excluding hydrogens is 340 g/mol. The van der Waals surface area contributed by atoms with Crippen LogP contribution in [0.15, 0.2) is 42.7 Å². The average molecular weight is 362 g/mol. The summed E-state index contributed by atoms with van der Waals surface area (Å²) in [6.45, 7) is 3.02. The summed E-state index contributed by atoms with van der Waals surface area (Å²) in [7, 11) is 0. The Morgan fingerprint density at radius 3 is 2.59 bits per heavy atom. The Morgan fingerprint density at radius 1 is 1.11 bits per heavy atom. The molecule has 2 aliphatic rings. The number of pyridine rings is 2. The number of urea groups is 1. The minimum absolute atomic E-state index is 0.0104. The first-order valence-corrected chi connectivity index (χ1v) is 9.31. The standard InChI is InChI=1S/C20H22N6O/c21-12-15-4-3-9-23-19(15)25-10-6-17(7-11-25)24-20(27)26-13-16(14-26)18-5-1-2-8-22-18/h1-5,8-9,16-17H,6-7,10-11,13-14H2,(H,24,27). The first kappa shape index (κ1) is 17.3. The highest BCUT2D eigenvalue weighted by Gasteiger charge is 2.33. The summed E-state index contributed by atoms with van der Waals surface area (Å²) in [4.78, 5) is 25.1. The molecule has 2 fully saturated rings. The van der Waals surface area contributed by atoms with Crippen LogP contribution in [0, 0.1) is 11.3 Å². The van der Waals surface area contributed by atoms with E-state index < -0.39 is 0 Å². The van der Waals surface area contributed by atoms with E-state index in [0.717, 1.165) is 50.5 Å². The van der Waals surface area contributed by atoms with Gasteiger partial charge in [0.2, 0.25) is 0 Å². The topological polar surface area (TPSA) is 85.2 Å². The molecular formula is C20H22N6O. The van der Waals surface area contributed by atoms with Crippen LogP contribution in [0.25, 0.3) is 0 Å². The lowest BCUT2D eigenvalue weighted by Gasteiger charge is -2.40. The van der Waals surface area contributed by atoms with Crippen LogP contribution in [0.3, 0.4) is 0 Å². The van der Waals surface area contributed by atoms with Crippen LogP contribution >= 0.6 is 0 Å². The third-order valence-electron chi connectivity index (χ3n) is 5.30. The third-order valence-corrected chi connectivity index (χ3v) is 5.30. The molecule has 0 saturated carbocycles. The van der Waals surface area contributed by atoms with Gasteiger partial charge in [-0.05, 0) is 37.1 Å². The van der Waals surface area contributed by atoms with Crippen LogP contribution in [0.4, 0.5) is 10.6 Å². The SMILES string of the molecule is N#Cc1cccnc1N1CCC(NC(=O)N2CC(c3ccccn3)C2)CC1. The largest absolute Gasteiger partial charge is 0.355 e. The number of nitrogens with one attached hydrogen (secondary N) is 1. The number of anilines is 1. The molecule has 0 aromatic carbocycles. The normalized spacial score (nSPS) is 17.9. The summed E-state index contributed by atoms with van der Waals surface area (Å²) in [6.07, 6.45) is 5.21. The van der Waals surface area contributed by atoms with E-state index in [9.17, 15) is 10.1 Å². The van der Waals surface area contributed by atoms with Crippen LogP contribution in [-0.4, -0.2) is 53.1 Å². The minimum atomic E-state index is 0.0104. The second-order valence-electron chi connectivity index (χ2n) is 7.05. The molecule has 2 amide bonds. The quantitative estimate of drug-likeness (QED) is 0.904. The summed E-state index contributed by atoms with van der Waals surface area (Å²) in [6, 6.07) is 11.8. The molecule has 7 heteroatoms. The number of aromatic nitrogens is 2. The predicted molar refractivity (Wildman–Crippen MR) is 101 cm³/mol. The van der Waals surface area contributed by atoms with Crippen molar-refractivity contribution in [1.29, 1.82) is 5.26 Å². The van der Waals surface area contributed by atoms with Gasteiger partial charge < -0.3 is 15.1 Å². The zero-order valence-electron chi connectivity index (χ0n) is 15.1. The molecule has 0 unspecified atom stereocenters. The summed E-state index contributed by atoms with van der Waals surface area (Å²) in [5.74, 6) is 1.08. The molecule has 0 bridgehead atoms. The van der Waals surface area contributed by atoms with Gasteiger partial charge in [0.25, 0.3) is 0 Å². The molecule has 0 aliphatic carbocycles. The van der Waals surface area contributed by atoms with Gasteiger partial charge in [-0.3, -0.25) is 4.98 Å². The van der Waals surface area contributed by atoms with Gasteiger partial charge in [-0.1, -0.05) is 6.07 Å². The van der Waals surface area contributed by atoms with Crippen LogP contribution in [-0.2, 0) is 0 Å². The van der Waals surface area contributed by atoms with E-state index in [-0.39, 0.29) is 12.1 Å². The number of amides is 2. The summed E-state index contributed by atoms with van der Waals surface area (Å²) in [5.41, 5.74) is 1.65. The third kappa shape index (κ3) is 3.70. The molecule has 7 nitrogen and oxygen atoms in total. The van der Waals surface area contributed by atoms with Crippen molar-refractivity contribution in [2.24, 2.45) is 0 Å². The molecule has 27 heavy (non-hydrogen) atoms. The van der Waals surface area contributed by atoms with Crippen molar-refractivity contribution < 1.29 is 4.79 Å². The van der Waals surface area contributed by atoms with Crippen molar-refractivity contribution in [3.63, 3.8) is 0 Å². The van der Waals surface area contributed by atoms with Crippen molar-refractivity contribution in [2.75, 3.05) is 31.1 Å². The maximum Gasteiger partial charge on any atom is 0.317 e. The number of carbonyl (C=O) groups excluding carboxylic acids is 1. The van der Waals surface area contributed by atoms with Gasteiger partial charge >= 0.3 is 6.03 Å². The maximum absolute atomic E-state index is 12.4. The molecule has 2 aliphatic heterocycles. The highest BCUT2D eigenvalue weighted by Crippen LogP contribution is 2.26. The molecule has 1 N–H and O–H groups in total. The smallest absolute Gasteiger partial charge is 0.317 e. The van der Waals surface area contributed by atoms with E-state index in [2.05, 4.69) is 26.3 Å². The highest BCUT2D eigenvalue weighted by molar-refractivity contribution is 5.75. The van der Waals surface area contributed by atoms with Crippen LogP contribution in [0.2, 0.25) is 0 Å². The van der Waals surface area contributed by atoms with E-state index in [0.29, 0.717) is 11.5 Å². The Bertz CT molecular complexity index is 835. The van der Waals surface area contributed by atoms with Gasteiger partial charge in [0.15, 0.2) is 0 Å². The van der Waals surface area contributed by atoms with Gasteiger partial charge in [0.1, 0.15) is 11.9 Å². The Hall–Kier alpha value is -3.14. The molecule has 4 rings (SSSR count). The Kier molecular flexibility index (Phi) is 4.88. The fraction of sp³-hybridized carbons (Fsp3) is 0.400. The lowest BCUT2D eigenvalue weighted by atomic mass is 9.96. The summed E-state index contributed by atoms with van der Waals surface area (Å²) in [5, 5.41) is 12.4. The predicted octanol–water partition coefficient (Wildman–Crippen LogP) is 2.13. The molecule has 2 aromatic heterocycles. The number of hydrogen-bond acceptors (Lipinski definition) is 5. The number of hydrogen-bond donors (Lipinski definition) is 1. The van der Waals surface area contributed by atoms with Gasteiger partial charge in [-0.2, -0.15) is 5.26 Å². The van der Waals surface area contributed by atoms with Crippen molar-refractivity contribution in [3.8, 4) is 6.07 Å². The van der Waals surface area contributed by atoms with E-state index in [1.54, 1.807) is 24.5 Å². The van der Waals surface area contributed by atoms with Gasteiger partial charge in [-0.25, -0.2) is 9.78 Å². The van der Waals surface area contributed by atoms with E-state index in [4.69, 9.17) is 0 Å². The number of piperidine rings is 1. The average Bonchev–Trinajstić information content (AvgIpc) is 2.68. The van der Waals surface area contributed by atoms with E-state index in [1.807, 2.05) is 23.1 Å². The van der Waals surface area contributed by atoms with Crippen molar-refractivity contribution in [3.05, 3.63) is 54.0 Å². The van der Waals surface area contributed by atoms with E-state index >= 15 is 0 Å². The molecule has 0 radical (unpaired) electrons. The maximum atomic E-state index is 12.4. The van der Waals surface area contributed by atoms with Crippen LogP contribution in [0.5, 0.6) is 0 Å². The summed E-state index contributed by atoms with van der Waals surface area (Å²) < 4.78 is 0. The van der Waals surface area contributed by atoms with Crippen molar-refractivity contribution in [1.82, 2.24) is 20.2 Å². The monoisotopic (exact) mass is 362 g/mol. The molecule has 2 aromatic rings. The van der Waals surface area contributed by atoms with Gasteiger partial charge in [-0.15, -0.1) is 0 Å². The molecule has 4 heterocycles. The number of nitrogens with zero attached hydrogens (tertiary/aromatic N) is 5. The lowest BCUT2D eigenvalue weighted by Crippen LogP contribution is -2.56. The number of likely N-dealkylation sites (tertiary alicyclic amines) is 1. The van der Waals surface area contributed by atoms with Crippen LogP contribution in [0.1, 0.15) is 30.0 Å². The molecule has 0 atom stereocenters. The van der Waals surface area contributed by atoms with Crippen LogP contribution < -0.4 is 10.2 Å². The summed E-state index contributed by atoms with van der Waals surface area (Å²) >= 11 is 0. The fourth-order valence-corrected chi connectivity index (χ4v) is 3.69. The Morgan fingerprint density at radius 2 is 1.89 bits per heavy atom. The fourth-order valence-electron chi connectivity index (χ4n) is 3.69. The van der Waals surface area contributed by atoms with Crippen molar-refractivity contribution >= 4 is 11.8 Å². The first-order chi connectivity index (χ1) is 13.2. The van der Waals surface area contributed by atoms with E-state index in [1.165, 1.54) is 0 Å². The zero-order valence-corrected chi connectivity index (χ0v) is 15.1. The number of rotatable bonds is 3. The minimum Gasteiger partial charge on any atom is -0.355 e. The second-order valence-corrected chi connectivity index (χ2v) is 7.05. The molecule has 2 saturated heterocycles. The first-order valence-electron chi connectivity index (χ1n) is 9.31. The highest BCUT2D eigenvalue weighted by atomic mass is 16.2. The zero-order chi connectivity index (χ0) is 18.6. The van der Waals surface area contributed by atoms with Gasteiger partial charge in [0.05, 0.1) is 5.56 Å². The van der Waals surface area contributed by atoms with Crippen molar-refractivity contribution in [2.45, 2.75) is 24.8 Å². The second kappa shape index (κ2) is 7.62. The molecule has 0 spiro atoms. The van der Waals surface area contributed by atoms with Gasteiger partial charge in [0, 0.05) is 56.2 Å². The Labute approximate surface area is 158 Å². The molecule has 138 valence electrons.